The molecule has 1 aromatic rings. The van der Waals surface area contributed by atoms with E-state index in [4.69, 9.17) is 10.5 Å². The van der Waals surface area contributed by atoms with E-state index < -0.39 is 5.41 Å². The fraction of sp³-hybridized carbons (Fsp3) is 0.571. The Morgan fingerprint density at radius 1 is 1.58 bits per heavy atom. The SMILES string of the molecule is CC(C)Oc1ncccc1NC(=O)C1(CN)CCC1. The van der Waals surface area contributed by atoms with Gasteiger partial charge in [0.15, 0.2) is 0 Å². The standard InChI is InChI=1S/C14H21N3O2/c1-10(2)19-12-11(5-3-8-16-12)17-13(18)14(9-15)6-4-7-14/h3,5,8,10H,4,6-7,9,15H2,1-2H3,(H,17,18). The van der Waals surface area contributed by atoms with Crippen LogP contribution >= 0.6 is 0 Å². The van der Waals surface area contributed by atoms with Crippen LogP contribution in [0.1, 0.15) is 33.1 Å². The molecule has 0 atom stereocenters. The Bertz CT molecular complexity index is 450. The highest BCUT2D eigenvalue weighted by Gasteiger charge is 2.43. The zero-order valence-electron chi connectivity index (χ0n) is 11.5. The van der Waals surface area contributed by atoms with Gasteiger partial charge in [-0.15, -0.1) is 0 Å². The Balaban J connectivity index is 2.12. The van der Waals surface area contributed by atoms with Crippen LogP contribution in [-0.2, 0) is 4.79 Å². The predicted octanol–water partition coefficient (Wildman–Crippen LogP) is 1.94. The van der Waals surface area contributed by atoms with Crippen LogP contribution in [-0.4, -0.2) is 23.5 Å². The fourth-order valence-electron chi connectivity index (χ4n) is 2.19. The van der Waals surface area contributed by atoms with Crippen molar-refractivity contribution < 1.29 is 9.53 Å². The first kappa shape index (κ1) is 13.8. The summed E-state index contributed by atoms with van der Waals surface area (Å²) in [6, 6.07) is 3.57. The van der Waals surface area contributed by atoms with Gasteiger partial charge in [-0.05, 0) is 38.8 Å². The van der Waals surface area contributed by atoms with Crippen LogP contribution in [0.5, 0.6) is 5.88 Å². The third kappa shape index (κ3) is 2.87. The summed E-state index contributed by atoms with van der Waals surface area (Å²) in [6.07, 6.45) is 4.44. The highest BCUT2D eigenvalue weighted by atomic mass is 16.5. The van der Waals surface area contributed by atoms with E-state index in [1.165, 1.54) is 0 Å². The molecule has 0 aromatic carbocycles. The maximum absolute atomic E-state index is 12.3. The first-order valence-corrected chi connectivity index (χ1v) is 6.70. The van der Waals surface area contributed by atoms with Gasteiger partial charge in [-0.3, -0.25) is 4.79 Å². The van der Waals surface area contributed by atoms with Crippen LogP contribution in [0, 0.1) is 5.41 Å². The molecule has 0 aliphatic heterocycles. The predicted molar refractivity (Wildman–Crippen MR) is 74.0 cm³/mol. The first-order chi connectivity index (χ1) is 9.07. The second kappa shape index (κ2) is 5.57. The Hall–Kier alpha value is -1.62. The molecule has 2 rings (SSSR count). The summed E-state index contributed by atoms with van der Waals surface area (Å²) in [4.78, 5) is 16.5. The minimum absolute atomic E-state index is 0.0118. The smallest absolute Gasteiger partial charge is 0.238 e. The van der Waals surface area contributed by atoms with E-state index in [2.05, 4.69) is 10.3 Å². The molecular formula is C14H21N3O2. The molecule has 0 radical (unpaired) electrons. The lowest BCUT2D eigenvalue weighted by Gasteiger charge is -2.39. The average molecular weight is 263 g/mol. The number of amides is 1. The average Bonchev–Trinajstić information content (AvgIpc) is 2.30. The Kier molecular flexibility index (Phi) is 4.04. The van der Waals surface area contributed by atoms with E-state index in [1.54, 1.807) is 18.3 Å². The maximum Gasteiger partial charge on any atom is 0.238 e. The van der Waals surface area contributed by atoms with Gasteiger partial charge in [0.1, 0.15) is 5.69 Å². The number of carbonyl (C=O) groups excluding carboxylic acids is 1. The van der Waals surface area contributed by atoms with E-state index >= 15 is 0 Å². The van der Waals surface area contributed by atoms with E-state index in [0.29, 0.717) is 18.1 Å². The monoisotopic (exact) mass is 263 g/mol. The van der Waals surface area contributed by atoms with Crippen molar-refractivity contribution in [3.8, 4) is 5.88 Å². The summed E-state index contributed by atoms with van der Waals surface area (Å²) in [7, 11) is 0. The molecule has 0 spiro atoms. The molecule has 0 saturated heterocycles. The summed E-state index contributed by atoms with van der Waals surface area (Å²) >= 11 is 0. The Labute approximate surface area is 113 Å². The minimum Gasteiger partial charge on any atom is -0.473 e. The molecule has 1 aromatic heterocycles. The Morgan fingerprint density at radius 2 is 2.32 bits per heavy atom. The van der Waals surface area contributed by atoms with Crippen molar-refractivity contribution in [2.75, 3.05) is 11.9 Å². The van der Waals surface area contributed by atoms with Gasteiger partial charge in [0.05, 0.1) is 11.5 Å². The van der Waals surface area contributed by atoms with Gasteiger partial charge in [-0.25, -0.2) is 4.98 Å². The van der Waals surface area contributed by atoms with Crippen molar-refractivity contribution in [3.05, 3.63) is 18.3 Å². The molecule has 0 unspecified atom stereocenters. The number of nitrogens with zero attached hydrogens (tertiary/aromatic N) is 1. The number of carbonyl (C=O) groups is 1. The topological polar surface area (TPSA) is 77.2 Å². The summed E-state index contributed by atoms with van der Waals surface area (Å²) in [5.74, 6) is 0.431. The van der Waals surface area contributed by atoms with Crippen LogP contribution in [0.4, 0.5) is 5.69 Å². The van der Waals surface area contributed by atoms with Crippen LogP contribution in [0.15, 0.2) is 18.3 Å². The number of hydrogen-bond acceptors (Lipinski definition) is 4. The van der Waals surface area contributed by atoms with Gasteiger partial charge in [-0.2, -0.15) is 0 Å². The Morgan fingerprint density at radius 3 is 2.84 bits per heavy atom. The van der Waals surface area contributed by atoms with E-state index in [1.807, 2.05) is 13.8 Å². The van der Waals surface area contributed by atoms with E-state index in [9.17, 15) is 4.79 Å². The third-order valence-electron chi connectivity index (χ3n) is 3.55. The van der Waals surface area contributed by atoms with E-state index in [-0.39, 0.29) is 12.0 Å². The van der Waals surface area contributed by atoms with Crippen molar-refractivity contribution in [1.82, 2.24) is 4.98 Å². The van der Waals surface area contributed by atoms with Gasteiger partial charge < -0.3 is 15.8 Å². The summed E-state index contributed by atoms with van der Waals surface area (Å²) in [5.41, 5.74) is 5.95. The molecule has 19 heavy (non-hydrogen) atoms. The van der Waals surface area contributed by atoms with Gasteiger partial charge in [-0.1, -0.05) is 6.42 Å². The molecule has 3 N–H and O–H groups in total. The maximum atomic E-state index is 12.3. The summed E-state index contributed by atoms with van der Waals surface area (Å²) < 4.78 is 5.59. The number of pyridine rings is 1. The molecule has 1 amide bonds. The van der Waals surface area contributed by atoms with Gasteiger partial charge in [0.2, 0.25) is 11.8 Å². The van der Waals surface area contributed by atoms with Crippen LogP contribution in [0.2, 0.25) is 0 Å². The van der Waals surface area contributed by atoms with Crippen molar-refractivity contribution in [2.45, 2.75) is 39.2 Å². The lowest BCUT2D eigenvalue weighted by atomic mass is 9.68. The molecule has 5 heteroatoms. The molecular weight excluding hydrogens is 242 g/mol. The van der Waals surface area contributed by atoms with E-state index in [0.717, 1.165) is 19.3 Å². The largest absolute Gasteiger partial charge is 0.473 e. The number of anilines is 1. The number of nitrogens with two attached hydrogens (primary N) is 1. The molecule has 104 valence electrons. The van der Waals surface area contributed by atoms with Crippen molar-refractivity contribution in [2.24, 2.45) is 11.1 Å². The highest BCUT2D eigenvalue weighted by molar-refractivity contribution is 5.97. The van der Waals surface area contributed by atoms with Crippen molar-refractivity contribution >= 4 is 11.6 Å². The third-order valence-corrected chi connectivity index (χ3v) is 3.55. The number of aromatic nitrogens is 1. The zero-order chi connectivity index (χ0) is 13.9. The second-order valence-electron chi connectivity index (χ2n) is 5.31. The quantitative estimate of drug-likeness (QED) is 0.851. The lowest BCUT2D eigenvalue weighted by Crippen LogP contribution is -2.47. The number of hydrogen-bond donors (Lipinski definition) is 2. The number of rotatable bonds is 5. The fourth-order valence-corrected chi connectivity index (χ4v) is 2.19. The summed E-state index contributed by atoms with van der Waals surface area (Å²) in [5, 5.41) is 2.90. The van der Waals surface area contributed by atoms with Gasteiger partial charge >= 0.3 is 0 Å². The minimum atomic E-state index is -0.398. The normalized spacial score (nSPS) is 16.8. The molecule has 1 heterocycles. The molecule has 5 nitrogen and oxygen atoms in total. The molecule has 1 fully saturated rings. The molecule has 1 aliphatic carbocycles. The number of ether oxygens (including phenoxy) is 1. The van der Waals surface area contributed by atoms with Crippen LogP contribution in [0.3, 0.4) is 0 Å². The highest BCUT2D eigenvalue weighted by Crippen LogP contribution is 2.41. The molecule has 1 saturated carbocycles. The van der Waals surface area contributed by atoms with Crippen LogP contribution < -0.4 is 15.8 Å². The summed E-state index contributed by atoms with van der Waals surface area (Å²) in [6.45, 7) is 4.24. The van der Waals surface area contributed by atoms with Gasteiger partial charge in [0, 0.05) is 12.7 Å². The zero-order valence-corrected chi connectivity index (χ0v) is 11.5. The second-order valence-corrected chi connectivity index (χ2v) is 5.31. The lowest BCUT2D eigenvalue weighted by molar-refractivity contribution is -0.129. The van der Waals surface area contributed by atoms with Crippen molar-refractivity contribution in [3.63, 3.8) is 0 Å². The molecule has 0 bridgehead atoms. The molecule has 1 aliphatic rings. The van der Waals surface area contributed by atoms with Crippen LogP contribution in [0.25, 0.3) is 0 Å². The number of nitrogens with one attached hydrogen (secondary N) is 1. The first-order valence-electron chi connectivity index (χ1n) is 6.70. The van der Waals surface area contributed by atoms with Crippen molar-refractivity contribution in [1.29, 1.82) is 0 Å². The van der Waals surface area contributed by atoms with Gasteiger partial charge in [0.25, 0.3) is 0 Å².